The third-order valence-corrected chi connectivity index (χ3v) is 5.94. The molecule has 1 atom stereocenters. The fraction of sp³-hybridized carbons (Fsp3) is 0.200. The normalized spacial score (nSPS) is 13.0. The van der Waals surface area contributed by atoms with Gasteiger partial charge in [0.1, 0.15) is 0 Å². The molecule has 0 fully saturated rings. The van der Waals surface area contributed by atoms with Crippen molar-refractivity contribution in [3.63, 3.8) is 0 Å². The molecule has 1 N–H and O–H groups in total. The number of anilines is 2. The molecule has 1 heterocycles. The maximum atomic E-state index is 5.16. The Bertz CT molecular complexity index is 1440. The summed E-state index contributed by atoms with van der Waals surface area (Å²) in [6, 6.07) is 33.6. The summed E-state index contributed by atoms with van der Waals surface area (Å²) in [5.74, 6) is 0.588. The summed E-state index contributed by atoms with van der Waals surface area (Å²) in [7, 11) is 0. The van der Waals surface area contributed by atoms with Crippen molar-refractivity contribution in [2.45, 2.75) is 33.2 Å². The van der Waals surface area contributed by atoms with Crippen molar-refractivity contribution in [3.8, 4) is 17.1 Å². The first-order valence-corrected chi connectivity index (χ1v) is 12.0. The molecule has 4 heteroatoms. The molecule has 3 aromatic carbocycles. The Balaban J connectivity index is 1.80. The van der Waals surface area contributed by atoms with Gasteiger partial charge in [-0.25, -0.2) is 4.98 Å². The van der Waals surface area contributed by atoms with Gasteiger partial charge in [0.15, 0.2) is 0 Å². The van der Waals surface area contributed by atoms with E-state index in [1.54, 1.807) is 0 Å². The van der Waals surface area contributed by atoms with Gasteiger partial charge < -0.3 is 9.88 Å². The predicted octanol–water partition coefficient (Wildman–Crippen LogP) is 7.21. The Morgan fingerprint density at radius 3 is 2.24 bits per heavy atom. The number of benzene rings is 4. The largest absolute Gasteiger partial charge is 0.354 e. The third kappa shape index (κ3) is 4.58. The number of aromatic nitrogens is 2. The summed E-state index contributed by atoms with van der Waals surface area (Å²) in [6.07, 6.45) is 1.04. The SMILES string of the molecule is CC(C)CC(C)N=c1cc2n(-c3ccccc3)c3ccccc3nc-2cc1Nc1ccccc1. The van der Waals surface area contributed by atoms with Crippen LogP contribution in [-0.4, -0.2) is 15.6 Å². The van der Waals surface area contributed by atoms with Crippen LogP contribution in [0.3, 0.4) is 0 Å². The van der Waals surface area contributed by atoms with Crippen molar-refractivity contribution in [2.24, 2.45) is 10.9 Å². The van der Waals surface area contributed by atoms with Crippen molar-refractivity contribution < 1.29 is 0 Å². The lowest BCUT2D eigenvalue weighted by Crippen LogP contribution is -2.17. The van der Waals surface area contributed by atoms with Gasteiger partial charge in [-0.1, -0.05) is 62.4 Å². The van der Waals surface area contributed by atoms with Gasteiger partial charge in [-0.2, -0.15) is 0 Å². The zero-order chi connectivity index (χ0) is 23.5. The highest BCUT2D eigenvalue weighted by Crippen LogP contribution is 2.30. The van der Waals surface area contributed by atoms with E-state index < -0.39 is 0 Å². The van der Waals surface area contributed by atoms with Gasteiger partial charge in [0.2, 0.25) is 0 Å². The molecule has 1 aliphatic heterocycles. The van der Waals surface area contributed by atoms with Crippen LogP contribution in [0, 0.1) is 5.92 Å². The van der Waals surface area contributed by atoms with Crippen LogP contribution in [0.25, 0.3) is 28.1 Å². The van der Waals surface area contributed by atoms with Crippen molar-refractivity contribution in [1.29, 1.82) is 0 Å². The molecule has 2 aliphatic rings. The van der Waals surface area contributed by atoms with E-state index in [4.69, 9.17) is 9.98 Å². The number of rotatable bonds is 6. The average molecular weight is 447 g/mol. The van der Waals surface area contributed by atoms with Gasteiger partial charge in [0, 0.05) is 17.4 Å². The Kier molecular flexibility index (Phi) is 6.13. The molecule has 4 nitrogen and oxygen atoms in total. The summed E-state index contributed by atoms with van der Waals surface area (Å²) in [5, 5.41) is 4.54. The molecule has 5 rings (SSSR count). The molecule has 34 heavy (non-hydrogen) atoms. The summed E-state index contributed by atoms with van der Waals surface area (Å²) < 4.78 is 2.29. The minimum absolute atomic E-state index is 0.215. The van der Waals surface area contributed by atoms with Gasteiger partial charge in [0.05, 0.1) is 33.5 Å². The summed E-state index contributed by atoms with van der Waals surface area (Å²) in [6.45, 7) is 6.68. The van der Waals surface area contributed by atoms with Gasteiger partial charge in [-0.3, -0.25) is 4.99 Å². The molecule has 0 saturated heterocycles. The van der Waals surface area contributed by atoms with E-state index in [9.17, 15) is 0 Å². The maximum Gasteiger partial charge on any atom is 0.0900 e. The molecular weight excluding hydrogens is 416 g/mol. The number of hydrogen-bond acceptors (Lipinski definition) is 3. The standard InChI is InChI=1S/C30H30N4/c1-21(2)18-22(3)31-27-20-30-28(19-26(27)32-23-12-6-4-7-13-23)33-25-16-10-11-17-29(25)34(30)24-14-8-5-9-15-24/h4-17,19-22,32H,18H2,1-3H3. The number of nitrogens with one attached hydrogen (secondary N) is 1. The number of hydrogen-bond donors (Lipinski definition) is 1. The lowest BCUT2D eigenvalue weighted by molar-refractivity contribution is 0.515. The Morgan fingerprint density at radius 1 is 0.824 bits per heavy atom. The molecular formula is C30H30N4. The number of para-hydroxylation sites is 4. The predicted molar refractivity (Wildman–Crippen MR) is 142 cm³/mol. The van der Waals surface area contributed by atoms with E-state index >= 15 is 0 Å². The fourth-order valence-corrected chi connectivity index (χ4v) is 4.55. The highest BCUT2D eigenvalue weighted by molar-refractivity contribution is 5.84. The summed E-state index contributed by atoms with van der Waals surface area (Å²) in [5.41, 5.74) is 7.11. The van der Waals surface area contributed by atoms with E-state index in [1.165, 1.54) is 0 Å². The highest BCUT2D eigenvalue weighted by Gasteiger charge is 2.17. The van der Waals surface area contributed by atoms with Crippen molar-refractivity contribution in [2.75, 3.05) is 5.32 Å². The van der Waals surface area contributed by atoms with E-state index in [-0.39, 0.29) is 6.04 Å². The van der Waals surface area contributed by atoms with Gasteiger partial charge in [0.25, 0.3) is 0 Å². The lowest BCUT2D eigenvalue weighted by Gasteiger charge is -2.20. The first kappa shape index (κ1) is 21.9. The molecule has 0 amide bonds. The molecule has 170 valence electrons. The number of fused-ring (bicyclic) bond motifs is 2. The van der Waals surface area contributed by atoms with Crippen LogP contribution < -0.4 is 10.7 Å². The zero-order valence-electron chi connectivity index (χ0n) is 19.9. The monoisotopic (exact) mass is 446 g/mol. The van der Waals surface area contributed by atoms with Gasteiger partial charge in [-0.05, 0) is 67.8 Å². The Labute approximate surface area is 201 Å². The minimum Gasteiger partial charge on any atom is -0.354 e. The van der Waals surface area contributed by atoms with Crippen LogP contribution in [0.15, 0.2) is 102 Å². The quantitative estimate of drug-likeness (QED) is 0.280. The smallest absolute Gasteiger partial charge is 0.0900 e. The van der Waals surface area contributed by atoms with Crippen molar-refractivity contribution in [3.05, 3.63) is 102 Å². The number of nitrogens with zero attached hydrogens (tertiary/aromatic N) is 3. The maximum absolute atomic E-state index is 5.16. The Hall–Kier alpha value is -3.92. The molecule has 0 aromatic heterocycles. The van der Waals surface area contributed by atoms with Gasteiger partial charge in [-0.15, -0.1) is 0 Å². The molecule has 0 saturated carbocycles. The third-order valence-electron chi connectivity index (χ3n) is 5.94. The first-order valence-electron chi connectivity index (χ1n) is 12.0. The first-order chi connectivity index (χ1) is 16.6. The molecule has 0 spiro atoms. The van der Waals surface area contributed by atoms with E-state index in [1.807, 2.05) is 30.3 Å². The minimum atomic E-state index is 0.215. The fourth-order valence-electron chi connectivity index (χ4n) is 4.55. The second-order valence-electron chi connectivity index (χ2n) is 9.23. The molecule has 1 aliphatic carbocycles. The molecule has 0 radical (unpaired) electrons. The van der Waals surface area contributed by atoms with Crippen LogP contribution in [0.2, 0.25) is 0 Å². The van der Waals surface area contributed by atoms with Crippen LogP contribution in [-0.2, 0) is 0 Å². The summed E-state index contributed by atoms with van der Waals surface area (Å²) >= 11 is 0. The van der Waals surface area contributed by atoms with Gasteiger partial charge >= 0.3 is 0 Å². The van der Waals surface area contributed by atoms with Crippen molar-refractivity contribution in [1.82, 2.24) is 9.55 Å². The molecule has 0 bridgehead atoms. The Morgan fingerprint density at radius 2 is 1.50 bits per heavy atom. The lowest BCUT2D eigenvalue weighted by atomic mass is 10.1. The van der Waals surface area contributed by atoms with Crippen molar-refractivity contribution >= 4 is 22.4 Å². The van der Waals surface area contributed by atoms with Crippen LogP contribution >= 0.6 is 0 Å². The van der Waals surface area contributed by atoms with E-state index in [2.05, 4.69) is 97.4 Å². The highest BCUT2D eigenvalue weighted by atomic mass is 15.0. The van der Waals surface area contributed by atoms with E-state index in [0.29, 0.717) is 5.92 Å². The zero-order valence-corrected chi connectivity index (χ0v) is 19.9. The van der Waals surface area contributed by atoms with Crippen LogP contribution in [0.1, 0.15) is 27.2 Å². The second-order valence-corrected chi connectivity index (χ2v) is 9.23. The van der Waals surface area contributed by atoms with Crippen LogP contribution in [0.5, 0.6) is 0 Å². The topological polar surface area (TPSA) is 42.2 Å². The average Bonchev–Trinajstić information content (AvgIpc) is 2.84. The van der Waals surface area contributed by atoms with Crippen LogP contribution in [0.4, 0.5) is 11.4 Å². The molecule has 1 unspecified atom stereocenters. The second kappa shape index (κ2) is 9.52. The summed E-state index contributed by atoms with van der Waals surface area (Å²) in [4.78, 5) is 10.2. The van der Waals surface area contributed by atoms with E-state index in [0.717, 1.165) is 51.3 Å². The molecule has 3 aromatic rings.